The SMILES string of the molecule is CCN(CC)CCNC1=[N+](CC(O)COc2ccccc2C)C2C(=O)N(C)C(=O)N(C)C2=N1. The Labute approximate surface area is 195 Å². The minimum Gasteiger partial charge on any atom is -0.490 e. The fourth-order valence-electron chi connectivity index (χ4n) is 3.98. The normalized spacial score (nSPS) is 19.2. The van der Waals surface area contributed by atoms with Gasteiger partial charge in [-0.3, -0.25) is 19.9 Å². The van der Waals surface area contributed by atoms with Gasteiger partial charge in [-0.15, -0.1) is 0 Å². The first kappa shape index (κ1) is 24.7. The number of nitrogens with one attached hydrogen (secondary N) is 1. The molecule has 0 radical (unpaired) electrons. The van der Waals surface area contributed by atoms with Crippen LogP contribution in [0.15, 0.2) is 29.3 Å². The number of para-hydroxylation sites is 1. The van der Waals surface area contributed by atoms with Crippen LogP contribution in [0.3, 0.4) is 0 Å². The third-order valence-corrected chi connectivity index (χ3v) is 6.07. The van der Waals surface area contributed by atoms with Gasteiger partial charge in [-0.2, -0.15) is 0 Å². The highest BCUT2D eigenvalue weighted by Crippen LogP contribution is 2.20. The molecule has 1 aromatic carbocycles. The van der Waals surface area contributed by atoms with Crippen molar-refractivity contribution in [2.24, 2.45) is 4.99 Å². The van der Waals surface area contributed by atoms with E-state index in [0.29, 0.717) is 24.1 Å². The Balaban J connectivity index is 1.77. The number of amidine groups is 1. The number of carbonyl (C=O) groups is 2. The number of benzene rings is 1. The monoisotopic (exact) mass is 459 g/mol. The molecule has 180 valence electrons. The lowest BCUT2D eigenvalue weighted by atomic mass is 10.1. The number of hydrogen-bond acceptors (Lipinski definition) is 7. The number of urea groups is 1. The number of ether oxygens (including phenoxy) is 1. The third-order valence-electron chi connectivity index (χ3n) is 6.07. The van der Waals surface area contributed by atoms with Gasteiger partial charge in [0.2, 0.25) is 11.9 Å². The van der Waals surface area contributed by atoms with Gasteiger partial charge in [-0.25, -0.2) is 9.37 Å². The Kier molecular flexibility index (Phi) is 8.04. The Morgan fingerprint density at radius 3 is 2.58 bits per heavy atom. The summed E-state index contributed by atoms with van der Waals surface area (Å²) in [6.07, 6.45) is -0.875. The molecule has 1 aromatic rings. The Bertz CT molecular complexity index is 943. The number of nitrogens with zero attached hydrogens (tertiary/aromatic N) is 5. The molecule has 0 aliphatic carbocycles. The van der Waals surface area contributed by atoms with E-state index >= 15 is 0 Å². The third kappa shape index (κ3) is 5.33. The van der Waals surface area contributed by atoms with Crippen LogP contribution in [-0.2, 0) is 4.79 Å². The zero-order valence-corrected chi connectivity index (χ0v) is 20.1. The summed E-state index contributed by atoms with van der Waals surface area (Å²) < 4.78 is 7.53. The van der Waals surface area contributed by atoms with E-state index in [9.17, 15) is 14.7 Å². The molecule has 2 heterocycles. The number of hydrogen-bond donors (Lipinski definition) is 2. The fourth-order valence-corrected chi connectivity index (χ4v) is 3.98. The highest BCUT2D eigenvalue weighted by Gasteiger charge is 2.51. The van der Waals surface area contributed by atoms with Crippen LogP contribution in [0, 0.1) is 6.92 Å². The molecule has 0 aromatic heterocycles. The van der Waals surface area contributed by atoms with Crippen molar-refractivity contribution < 1.29 is 24.0 Å². The second-order valence-electron chi connectivity index (χ2n) is 8.27. The van der Waals surface area contributed by atoms with Gasteiger partial charge in [0.05, 0.1) is 13.1 Å². The van der Waals surface area contributed by atoms with Crippen LogP contribution in [0.5, 0.6) is 5.75 Å². The van der Waals surface area contributed by atoms with E-state index in [2.05, 4.69) is 29.1 Å². The maximum atomic E-state index is 13.0. The molecular weight excluding hydrogens is 424 g/mol. The molecule has 2 N–H and O–H groups in total. The van der Waals surface area contributed by atoms with Gasteiger partial charge in [0.1, 0.15) is 18.5 Å². The van der Waals surface area contributed by atoms with Crippen molar-refractivity contribution in [3.8, 4) is 5.75 Å². The highest BCUT2D eigenvalue weighted by atomic mass is 16.5. The number of β-amino-alcohol motifs (C(OH)–C–C–N with tert-alkyl or cyclic N) is 1. The number of likely N-dealkylation sites (N-methyl/N-ethyl adjacent to an activating group) is 3. The number of amides is 3. The number of carbonyl (C=O) groups excluding carboxylic acids is 2. The molecule has 3 amide bonds. The highest BCUT2D eigenvalue weighted by molar-refractivity contribution is 6.22. The summed E-state index contributed by atoms with van der Waals surface area (Å²) in [5, 5.41) is 14.1. The number of rotatable bonds is 10. The molecule has 10 nitrogen and oxygen atoms in total. The van der Waals surface area contributed by atoms with Crippen LogP contribution >= 0.6 is 0 Å². The number of guanidine groups is 1. The van der Waals surface area contributed by atoms with Crippen LogP contribution < -0.4 is 10.1 Å². The summed E-state index contributed by atoms with van der Waals surface area (Å²) in [4.78, 5) is 34.7. The van der Waals surface area contributed by atoms with Gasteiger partial charge in [-0.05, 0) is 31.6 Å². The zero-order chi connectivity index (χ0) is 24.1. The lowest BCUT2D eigenvalue weighted by molar-refractivity contribution is -0.545. The number of aliphatic hydroxyl groups excluding tert-OH is 1. The first-order chi connectivity index (χ1) is 15.8. The van der Waals surface area contributed by atoms with Crippen molar-refractivity contribution in [2.45, 2.75) is 32.9 Å². The number of aryl methyl sites for hydroxylation is 1. The molecule has 0 saturated carbocycles. The smallest absolute Gasteiger partial charge is 0.390 e. The van der Waals surface area contributed by atoms with E-state index in [1.54, 1.807) is 11.6 Å². The number of imide groups is 1. The molecule has 10 heteroatoms. The van der Waals surface area contributed by atoms with Gasteiger partial charge < -0.3 is 14.7 Å². The summed E-state index contributed by atoms with van der Waals surface area (Å²) in [5.74, 6) is 1.17. The van der Waals surface area contributed by atoms with Crippen molar-refractivity contribution in [3.05, 3.63) is 29.8 Å². The van der Waals surface area contributed by atoms with Crippen LogP contribution in [-0.4, -0.2) is 114 Å². The van der Waals surface area contributed by atoms with Crippen LogP contribution in [0.1, 0.15) is 19.4 Å². The Morgan fingerprint density at radius 2 is 1.91 bits per heavy atom. The molecule has 2 aliphatic heterocycles. The molecule has 2 aliphatic rings. The van der Waals surface area contributed by atoms with Gasteiger partial charge in [0.15, 0.2) is 0 Å². The first-order valence-corrected chi connectivity index (χ1v) is 11.4. The van der Waals surface area contributed by atoms with Crippen molar-refractivity contribution in [1.29, 1.82) is 0 Å². The Morgan fingerprint density at radius 1 is 1.21 bits per heavy atom. The molecule has 3 rings (SSSR count). The number of aliphatic hydroxyl groups is 1. The molecule has 0 bridgehead atoms. The Hall–Kier alpha value is -2.98. The molecule has 0 spiro atoms. The van der Waals surface area contributed by atoms with E-state index in [0.717, 1.165) is 30.1 Å². The van der Waals surface area contributed by atoms with Crippen LogP contribution in [0.2, 0.25) is 0 Å². The predicted octanol–water partition coefficient (Wildman–Crippen LogP) is 0.339. The second kappa shape index (κ2) is 10.8. The molecule has 2 atom stereocenters. The van der Waals surface area contributed by atoms with E-state index < -0.39 is 18.2 Å². The quantitative estimate of drug-likeness (QED) is 0.490. The molecule has 1 fully saturated rings. The van der Waals surface area contributed by atoms with Crippen molar-refractivity contribution in [1.82, 2.24) is 20.0 Å². The van der Waals surface area contributed by atoms with Gasteiger partial charge in [0, 0.05) is 20.6 Å². The summed E-state index contributed by atoms with van der Waals surface area (Å²) in [7, 11) is 3.06. The minimum atomic E-state index is -0.875. The largest absolute Gasteiger partial charge is 0.490 e. The molecule has 1 saturated heterocycles. The predicted molar refractivity (Wildman–Crippen MR) is 126 cm³/mol. The summed E-state index contributed by atoms with van der Waals surface area (Å²) in [6, 6.07) is 6.40. The average Bonchev–Trinajstić information content (AvgIpc) is 3.16. The number of aliphatic imine (C=N–C) groups is 1. The van der Waals surface area contributed by atoms with Gasteiger partial charge >= 0.3 is 12.0 Å². The van der Waals surface area contributed by atoms with E-state index in [1.165, 1.54) is 11.9 Å². The summed E-state index contributed by atoms with van der Waals surface area (Å²) >= 11 is 0. The van der Waals surface area contributed by atoms with Crippen LogP contribution in [0.4, 0.5) is 4.79 Å². The molecule has 2 unspecified atom stereocenters. The second-order valence-corrected chi connectivity index (χ2v) is 8.27. The minimum absolute atomic E-state index is 0.0644. The maximum Gasteiger partial charge on any atom is 0.390 e. The van der Waals surface area contributed by atoms with E-state index in [4.69, 9.17) is 4.74 Å². The first-order valence-electron chi connectivity index (χ1n) is 11.4. The summed E-state index contributed by atoms with van der Waals surface area (Å²) in [6.45, 7) is 9.63. The van der Waals surface area contributed by atoms with E-state index in [1.807, 2.05) is 31.2 Å². The lowest BCUT2D eigenvalue weighted by Gasteiger charge is -2.32. The maximum absolute atomic E-state index is 13.0. The summed E-state index contributed by atoms with van der Waals surface area (Å²) in [5.41, 5.74) is 0.978. The molecular formula is C23H35N6O4+. The lowest BCUT2D eigenvalue weighted by Crippen LogP contribution is -2.62. The average molecular weight is 460 g/mol. The van der Waals surface area contributed by atoms with Gasteiger partial charge in [0.25, 0.3) is 5.91 Å². The molecule has 33 heavy (non-hydrogen) atoms. The van der Waals surface area contributed by atoms with Crippen molar-refractivity contribution in [3.63, 3.8) is 0 Å². The fraction of sp³-hybridized carbons (Fsp3) is 0.565. The van der Waals surface area contributed by atoms with Crippen molar-refractivity contribution in [2.75, 3.05) is 53.4 Å². The van der Waals surface area contributed by atoms with E-state index in [-0.39, 0.29) is 19.1 Å². The number of fused-ring (bicyclic) bond motifs is 1. The zero-order valence-electron chi connectivity index (χ0n) is 20.1. The topological polar surface area (TPSA) is 101 Å². The van der Waals surface area contributed by atoms with Crippen LogP contribution in [0.25, 0.3) is 0 Å². The van der Waals surface area contributed by atoms with Crippen molar-refractivity contribution >= 4 is 23.7 Å². The standard InChI is InChI=1S/C23H34N6O4/c1-6-28(7-2)13-12-24-22-25-20-19(21(31)27(5)23(32)26(20)4)29(22)14-17(30)15-33-18-11-9-8-10-16(18)3/h8-11,17,19,30H,6-7,12-15H2,1-5H3/p+1. The van der Waals surface area contributed by atoms with Gasteiger partial charge in [-0.1, -0.05) is 37.0 Å².